The van der Waals surface area contributed by atoms with Gasteiger partial charge in [0.15, 0.2) is 11.4 Å². The predicted octanol–water partition coefficient (Wildman–Crippen LogP) is 0.457. The Kier molecular flexibility index (Phi) is 5.50. The summed E-state index contributed by atoms with van der Waals surface area (Å²) in [5, 5.41) is 44.8. The zero-order valence-corrected chi connectivity index (χ0v) is 20.5. The average molecular weight is 513 g/mol. The first-order chi connectivity index (χ1) is 17.3. The summed E-state index contributed by atoms with van der Waals surface area (Å²) in [5.41, 5.74) is 1.56. The van der Waals surface area contributed by atoms with Gasteiger partial charge in [-0.15, -0.1) is 0 Å². The minimum absolute atomic E-state index is 0.0291. The van der Waals surface area contributed by atoms with E-state index in [1.165, 1.54) is 25.1 Å². The van der Waals surface area contributed by atoms with Crippen molar-refractivity contribution in [2.75, 3.05) is 14.1 Å². The zero-order valence-electron chi connectivity index (χ0n) is 20.5. The summed E-state index contributed by atoms with van der Waals surface area (Å²) in [5.74, 6) is -9.83. The van der Waals surface area contributed by atoms with E-state index in [0.717, 1.165) is 0 Å². The van der Waals surface area contributed by atoms with Crippen molar-refractivity contribution >= 4 is 29.2 Å². The van der Waals surface area contributed by atoms with Crippen LogP contribution in [0.15, 0.2) is 35.1 Å². The summed E-state index contributed by atoms with van der Waals surface area (Å²) in [4.78, 5) is 54.0. The van der Waals surface area contributed by atoms with Gasteiger partial charge in [0.05, 0.1) is 23.4 Å². The van der Waals surface area contributed by atoms with E-state index in [0.29, 0.717) is 18.4 Å². The monoisotopic (exact) mass is 512 g/mol. The van der Waals surface area contributed by atoms with E-state index in [2.05, 4.69) is 0 Å². The quantitative estimate of drug-likeness (QED) is 0.280. The normalized spacial score (nSPS) is 33.2. The Bertz CT molecular complexity index is 1330. The van der Waals surface area contributed by atoms with Crippen molar-refractivity contribution in [3.05, 3.63) is 46.2 Å². The van der Waals surface area contributed by atoms with Gasteiger partial charge in [-0.25, -0.2) is 0 Å². The molecule has 5 rings (SSSR count). The Hall–Kier alpha value is -3.70. The van der Waals surface area contributed by atoms with Crippen molar-refractivity contribution in [1.82, 2.24) is 4.90 Å². The summed E-state index contributed by atoms with van der Waals surface area (Å²) >= 11 is 0. The number of nitrogens with zero attached hydrogens (tertiary/aromatic N) is 1. The van der Waals surface area contributed by atoms with Crippen molar-refractivity contribution in [2.45, 2.75) is 43.4 Å². The number of fused-ring (bicyclic) bond motifs is 3. The third-order valence-corrected chi connectivity index (χ3v) is 8.13. The molecule has 11 heteroatoms. The predicted molar refractivity (Wildman–Crippen MR) is 127 cm³/mol. The van der Waals surface area contributed by atoms with Crippen LogP contribution in [0.4, 0.5) is 0 Å². The minimum Gasteiger partial charge on any atom is -0.508 e. The smallest absolute Gasteiger partial charge is 0.309 e. The number of rotatable bonds is 4. The zero-order chi connectivity index (χ0) is 27.1. The van der Waals surface area contributed by atoms with Crippen LogP contribution in [0.1, 0.15) is 36.8 Å². The van der Waals surface area contributed by atoms with Gasteiger partial charge in [-0.05, 0) is 44.5 Å². The lowest BCUT2D eigenvalue weighted by atomic mass is 9.54. The van der Waals surface area contributed by atoms with E-state index in [4.69, 9.17) is 10.5 Å². The van der Waals surface area contributed by atoms with Gasteiger partial charge in [0.1, 0.15) is 28.9 Å². The Morgan fingerprint density at radius 2 is 1.78 bits per heavy atom. The standard InChI is InChI=1S/C26H28N2O9/c1-9-11-5-4-6-12(29)14(11)19(30)15-13(9)21(37-25(35)10-7-8-10)17-18(28(2)3)20(31)16(24(27)34)23(33)26(17,36)22(15)32/h4-6,9-10,13,17-18,21,29-30,33,36H,7-8H2,1-3H3,(H2,27,34)/t9-,13+,17+,18-,21-,26-/m0/s1. The largest absolute Gasteiger partial charge is 0.508 e. The molecule has 1 aromatic rings. The number of carbonyl (C=O) groups excluding carboxylic acids is 4. The number of aliphatic hydroxyl groups is 3. The molecule has 0 heterocycles. The molecule has 196 valence electrons. The maximum Gasteiger partial charge on any atom is 0.309 e. The van der Waals surface area contributed by atoms with Crippen molar-refractivity contribution in [2.24, 2.45) is 23.5 Å². The van der Waals surface area contributed by atoms with Crippen LogP contribution in [-0.4, -0.2) is 80.6 Å². The molecule has 4 aliphatic carbocycles. The Morgan fingerprint density at radius 3 is 2.35 bits per heavy atom. The third kappa shape index (κ3) is 3.27. The number of ketones is 2. The maximum atomic E-state index is 14.1. The number of aromatic hydroxyl groups is 1. The molecule has 11 nitrogen and oxygen atoms in total. The second kappa shape index (κ2) is 8.15. The number of amides is 1. The summed E-state index contributed by atoms with van der Waals surface area (Å²) in [6.07, 6.45) is -0.180. The lowest BCUT2D eigenvalue weighted by Gasteiger charge is -2.54. The second-order valence-corrected chi connectivity index (χ2v) is 10.5. The van der Waals surface area contributed by atoms with Crippen molar-refractivity contribution in [3.63, 3.8) is 0 Å². The third-order valence-electron chi connectivity index (χ3n) is 8.13. The van der Waals surface area contributed by atoms with Crippen LogP contribution in [0.25, 0.3) is 5.76 Å². The molecule has 0 unspecified atom stereocenters. The molecule has 0 aromatic heterocycles. The number of phenols is 1. The first-order valence-electron chi connectivity index (χ1n) is 12.0. The number of nitrogens with two attached hydrogens (primary N) is 1. The first-order valence-corrected chi connectivity index (χ1v) is 12.0. The number of aliphatic hydroxyl groups excluding tert-OH is 2. The van der Waals surface area contributed by atoms with Gasteiger partial charge >= 0.3 is 5.97 Å². The van der Waals surface area contributed by atoms with Crippen LogP contribution in [0.2, 0.25) is 0 Å². The van der Waals surface area contributed by atoms with Crippen LogP contribution < -0.4 is 5.73 Å². The van der Waals surface area contributed by atoms with E-state index in [1.807, 2.05) is 0 Å². The number of Topliss-reactive ketones (excluding diaryl/α,β-unsaturated/α-hetero) is 2. The second-order valence-electron chi connectivity index (χ2n) is 10.5. The van der Waals surface area contributed by atoms with Crippen LogP contribution in [-0.2, 0) is 23.9 Å². The lowest BCUT2D eigenvalue weighted by molar-refractivity contribution is -0.186. The van der Waals surface area contributed by atoms with Crippen molar-refractivity contribution in [1.29, 1.82) is 0 Å². The molecule has 1 aromatic carbocycles. The number of likely N-dealkylation sites (N-methyl/N-ethyl adjacent to an activating group) is 1. The van der Waals surface area contributed by atoms with Crippen LogP contribution in [0, 0.1) is 17.8 Å². The van der Waals surface area contributed by atoms with Gasteiger partial charge in [-0.1, -0.05) is 19.1 Å². The Morgan fingerprint density at radius 1 is 1.14 bits per heavy atom. The highest BCUT2D eigenvalue weighted by Gasteiger charge is 2.69. The first kappa shape index (κ1) is 25.0. The van der Waals surface area contributed by atoms with Gasteiger partial charge in [0.2, 0.25) is 5.78 Å². The summed E-state index contributed by atoms with van der Waals surface area (Å²) < 4.78 is 5.92. The Balaban J connectivity index is 1.83. The molecular formula is C26H28N2O9. The molecule has 0 radical (unpaired) electrons. The Labute approximate surface area is 211 Å². The minimum atomic E-state index is -2.93. The fourth-order valence-corrected chi connectivity index (χ4v) is 6.24. The fraction of sp³-hybridized carbons (Fsp3) is 0.462. The van der Waals surface area contributed by atoms with E-state index < -0.39 is 76.0 Å². The molecule has 6 N–H and O–H groups in total. The van der Waals surface area contributed by atoms with Gasteiger partial charge in [0, 0.05) is 11.5 Å². The fourth-order valence-electron chi connectivity index (χ4n) is 6.24. The van der Waals surface area contributed by atoms with Gasteiger partial charge in [-0.3, -0.25) is 24.1 Å². The topological polar surface area (TPSA) is 188 Å². The van der Waals surface area contributed by atoms with Crippen LogP contribution in [0.5, 0.6) is 5.75 Å². The molecule has 0 aliphatic heterocycles. The molecule has 4 aliphatic rings. The highest BCUT2D eigenvalue weighted by Crippen LogP contribution is 2.57. The van der Waals surface area contributed by atoms with Gasteiger partial charge in [0.25, 0.3) is 5.91 Å². The van der Waals surface area contributed by atoms with Gasteiger partial charge < -0.3 is 30.9 Å². The molecule has 2 fully saturated rings. The summed E-state index contributed by atoms with van der Waals surface area (Å²) in [6.45, 7) is 1.71. The summed E-state index contributed by atoms with van der Waals surface area (Å²) in [6, 6.07) is 3.15. The van der Waals surface area contributed by atoms with Crippen LogP contribution >= 0.6 is 0 Å². The highest BCUT2D eigenvalue weighted by atomic mass is 16.5. The number of benzene rings is 1. The molecule has 2 saturated carbocycles. The molecule has 1 amide bonds. The van der Waals surface area contributed by atoms with E-state index in [9.17, 15) is 39.6 Å². The molecule has 0 spiro atoms. The average Bonchev–Trinajstić information content (AvgIpc) is 3.66. The SMILES string of the molecule is C[C@H]1c2cccc(O)c2C(O)=C2C(=O)[C@]3(O)C(O)=C(C(N)=O)C(=O)[C@@H](N(C)C)[C@@H]3[C@@H](OC(=O)C3CC3)[C@@H]21. The molecular weight excluding hydrogens is 484 g/mol. The van der Waals surface area contributed by atoms with Crippen molar-refractivity contribution < 1.29 is 44.3 Å². The number of ether oxygens (including phenoxy) is 1. The number of primary amides is 1. The highest BCUT2D eigenvalue weighted by molar-refractivity contribution is 6.24. The molecule has 0 bridgehead atoms. The van der Waals surface area contributed by atoms with Gasteiger partial charge in [-0.2, -0.15) is 0 Å². The molecule has 6 atom stereocenters. The number of hydrogen-bond acceptors (Lipinski definition) is 10. The number of hydrogen-bond donors (Lipinski definition) is 5. The lowest BCUT2D eigenvalue weighted by Crippen LogP contribution is -2.71. The van der Waals surface area contributed by atoms with E-state index in [1.54, 1.807) is 19.1 Å². The van der Waals surface area contributed by atoms with Crippen LogP contribution in [0.3, 0.4) is 0 Å². The molecule has 37 heavy (non-hydrogen) atoms. The molecule has 0 saturated heterocycles. The summed E-state index contributed by atoms with van der Waals surface area (Å²) in [7, 11) is 2.96. The maximum absolute atomic E-state index is 14.1. The number of phenolic OH excluding ortho intramolecular Hbond substituents is 1. The van der Waals surface area contributed by atoms with E-state index >= 15 is 0 Å². The number of esters is 1. The van der Waals surface area contributed by atoms with Crippen molar-refractivity contribution in [3.8, 4) is 5.75 Å². The van der Waals surface area contributed by atoms with E-state index in [-0.39, 0.29) is 22.8 Å². The number of carbonyl (C=O) groups is 4.